The molecular weight excluding hydrogens is 188 g/mol. The largest absolute Gasteiger partial charge is 0.339 e. The average molecular weight is 212 g/mol. The van der Waals surface area contributed by atoms with Gasteiger partial charge in [-0.2, -0.15) is 0 Å². The highest BCUT2D eigenvalue weighted by molar-refractivity contribution is 5.77. The number of rotatable bonds is 5. The second-order valence-corrected chi connectivity index (χ2v) is 4.64. The van der Waals surface area contributed by atoms with Gasteiger partial charge in [0.1, 0.15) is 0 Å². The predicted octanol–water partition coefficient (Wildman–Crippen LogP) is 1.63. The number of carbonyl (C=O) groups excluding carboxylic acids is 1. The molecule has 0 saturated carbocycles. The third kappa shape index (κ3) is 3.49. The Morgan fingerprint density at radius 1 is 1.53 bits per heavy atom. The maximum Gasteiger partial charge on any atom is 0.224 e. The molecule has 88 valence electrons. The van der Waals surface area contributed by atoms with E-state index >= 15 is 0 Å². The van der Waals surface area contributed by atoms with E-state index in [1.807, 2.05) is 0 Å². The molecule has 0 spiro atoms. The molecule has 0 bridgehead atoms. The molecular formula is C12H24N2O. The van der Waals surface area contributed by atoms with Crippen LogP contribution in [0.5, 0.6) is 0 Å². The van der Waals surface area contributed by atoms with E-state index in [-0.39, 0.29) is 0 Å². The highest BCUT2D eigenvalue weighted by atomic mass is 16.2. The minimum Gasteiger partial charge on any atom is -0.339 e. The van der Waals surface area contributed by atoms with Gasteiger partial charge in [0.25, 0.3) is 0 Å². The highest BCUT2D eigenvalue weighted by Crippen LogP contribution is 2.24. The minimum absolute atomic E-state index is 0.326. The fraction of sp³-hybridized carbons (Fsp3) is 0.917. The number of likely N-dealkylation sites (tertiary alicyclic amines) is 1. The summed E-state index contributed by atoms with van der Waals surface area (Å²) in [5.74, 6) is 0.919. The fourth-order valence-corrected chi connectivity index (χ4v) is 2.31. The molecule has 0 aromatic rings. The third-order valence-corrected chi connectivity index (χ3v) is 3.15. The van der Waals surface area contributed by atoms with Crippen LogP contribution in [0.2, 0.25) is 0 Å². The van der Waals surface area contributed by atoms with Gasteiger partial charge in [-0.3, -0.25) is 4.79 Å². The summed E-state index contributed by atoms with van der Waals surface area (Å²) in [6.07, 6.45) is 3.01. The van der Waals surface area contributed by atoms with Crippen LogP contribution >= 0.6 is 0 Å². The smallest absolute Gasteiger partial charge is 0.224 e. The first-order chi connectivity index (χ1) is 7.16. The van der Waals surface area contributed by atoms with Crippen molar-refractivity contribution < 1.29 is 4.79 Å². The number of carbonyl (C=O) groups is 1. The quantitative estimate of drug-likeness (QED) is 0.703. The maximum atomic E-state index is 11.9. The number of nitrogens with zero attached hydrogens (tertiary/aromatic N) is 1. The molecule has 0 aliphatic carbocycles. The van der Waals surface area contributed by atoms with Crippen LogP contribution < -0.4 is 5.32 Å². The summed E-state index contributed by atoms with van der Waals surface area (Å²) in [5.41, 5.74) is 0. The zero-order valence-corrected chi connectivity index (χ0v) is 10.3. The van der Waals surface area contributed by atoms with Crippen LogP contribution in [0.3, 0.4) is 0 Å². The van der Waals surface area contributed by atoms with Crippen molar-refractivity contribution >= 4 is 5.91 Å². The Balaban J connectivity index is 2.37. The highest BCUT2D eigenvalue weighted by Gasteiger charge is 2.29. The Labute approximate surface area is 93.2 Å². The van der Waals surface area contributed by atoms with Crippen LogP contribution in [0.25, 0.3) is 0 Å². The SMILES string of the molecule is CCNCCC(=O)N1CCCC1C(C)C. The summed E-state index contributed by atoms with van der Waals surface area (Å²) in [6.45, 7) is 9.21. The molecule has 1 unspecified atom stereocenters. The van der Waals surface area contributed by atoms with Crippen LogP contribution in [0.1, 0.15) is 40.0 Å². The van der Waals surface area contributed by atoms with E-state index in [0.29, 0.717) is 24.3 Å². The van der Waals surface area contributed by atoms with Crippen molar-refractivity contribution in [3.8, 4) is 0 Å². The second-order valence-electron chi connectivity index (χ2n) is 4.64. The van der Waals surface area contributed by atoms with Gasteiger partial charge in [0.05, 0.1) is 0 Å². The molecule has 0 aromatic heterocycles. The van der Waals surface area contributed by atoms with E-state index in [1.54, 1.807) is 0 Å². The van der Waals surface area contributed by atoms with Gasteiger partial charge in [-0.1, -0.05) is 20.8 Å². The van der Waals surface area contributed by atoms with Crippen molar-refractivity contribution in [2.45, 2.75) is 46.1 Å². The molecule has 1 atom stereocenters. The van der Waals surface area contributed by atoms with Gasteiger partial charge >= 0.3 is 0 Å². The van der Waals surface area contributed by atoms with E-state index in [1.165, 1.54) is 12.8 Å². The fourth-order valence-electron chi connectivity index (χ4n) is 2.31. The van der Waals surface area contributed by atoms with Gasteiger partial charge < -0.3 is 10.2 Å². The van der Waals surface area contributed by atoms with Crippen LogP contribution in [0.15, 0.2) is 0 Å². The minimum atomic E-state index is 0.326. The van der Waals surface area contributed by atoms with Crippen LogP contribution in [0, 0.1) is 5.92 Å². The average Bonchev–Trinajstić information content (AvgIpc) is 2.66. The summed E-state index contributed by atoms with van der Waals surface area (Å²) in [5, 5.41) is 3.20. The van der Waals surface area contributed by atoms with Crippen LogP contribution in [-0.2, 0) is 4.79 Å². The molecule has 1 amide bonds. The molecule has 1 fully saturated rings. The summed E-state index contributed by atoms with van der Waals surface area (Å²) < 4.78 is 0. The standard InChI is InChI=1S/C12H24N2O/c1-4-13-8-7-12(15)14-9-5-6-11(14)10(2)3/h10-11,13H,4-9H2,1-3H3. The topological polar surface area (TPSA) is 32.3 Å². The summed E-state index contributed by atoms with van der Waals surface area (Å²) >= 11 is 0. The third-order valence-electron chi connectivity index (χ3n) is 3.15. The normalized spacial score (nSPS) is 21.3. The molecule has 1 saturated heterocycles. The Bertz CT molecular complexity index is 204. The first-order valence-electron chi connectivity index (χ1n) is 6.17. The summed E-state index contributed by atoms with van der Waals surface area (Å²) in [6, 6.07) is 0.485. The zero-order chi connectivity index (χ0) is 11.3. The van der Waals surface area contributed by atoms with Gasteiger partial charge in [-0.15, -0.1) is 0 Å². The van der Waals surface area contributed by atoms with E-state index in [0.717, 1.165) is 19.6 Å². The van der Waals surface area contributed by atoms with Crippen molar-refractivity contribution in [3.63, 3.8) is 0 Å². The van der Waals surface area contributed by atoms with Crippen molar-refractivity contribution in [1.82, 2.24) is 10.2 Å². The van der Waals surface area contributed by atoms with E-state index in [4.69, 9.17) is 0 Å². The molecule has 3 nitrogen and oxygen atoms in total. The molecule has 1 aliphatic rings. The van der Waals surface area contributed by atoms with Crippen LogP contribution in [0.4, 0.5) is 0 Å². The molecule has 1 aliphatic heterocycles. The summed E-state index contributed by atoms with van der Waals surface area (Å²) in [4.78, 5) is 14.0. The van der Waals surface area contributed by atoms with E-state index < -0.39 is 0 Å². The number of nitrogens with one attached hydrogen (secondary N) is 1. The molecule has 1 heterocycles. The van der Waals surface area contributed by atoms with Crippen molar-refractivity contribution in [2.75, 3.05) is 19.6 Å². The molecule has 15 heavy (non-hydrogen) atoms. The zero-order valence-electron chi connectivity index (χ0n) is 10.3. The number of amides is 1. The van der Waals surface area contributed by atoms with Gasteiger partial charge in [0, 0.05) is 25.6 Å². The molecule has 3 heteroatoms. The Hall–Kier alpha value is -0.570. The Kier molecular flexibility index (Phi) is 5.09. The van der Waals surface area contributed by atoms with Gasteiger partial charge in [-0.05, 0) is 25.3 Å². The number of hydrogen-bond acceptors (Lipinski definition) is 2. The predicted molar refractivity (Wildman–Crippen MR) is 62.7 cm³/mol. The van der Waals surface area contributed by atoms with Gasteiger partial charge in [0.15, 0.2) is 0 Å². The molecule has 0 radical (unpaired) electrons. The first-order valence-corrected chi connectivity index (χ1v) is 6.17. The van der Waals surface area contributed by atoms with Crippen LogP contribution in [-0.4, -0.2) is 36.5 Å². The van der Waals surface area contributed by atoms with Crippen molar-refractivity contribution in [3.05, 3.63) is 0 Å². The molecule has 0 aromatic carbocycles. The summed E-state index contributed by atoms with van der Waals surface area (Å²) in [7, 11) is 0. The Morgan fingerprint density at radius 3 is 2.87 bits per heavy atom. The second kappa shape index (κ2) is 6.11. The van der Waals surface area contributed by atoms with Gasteiger partial charge in [0.2, 0.25) is 5.91 Å². The van der Waals surface area contributed by atoms with E-state index in [2.05, 4.69) is 31.0 Å². The molecule has 1 rings (SSSR count). The molecule has 1 N–H and O–H groups in total. The van der Waals surface area contributed by atoms with Crippen molar-refractivity contribution in [2.24, 2.45) is 5.92 Å². The van der Waals surface area contributed by atoms with Gasteiger partial charge in [-0.25, -0.2) is 0 Å². The Morgan fingerprint density at radius 2 is 2.27 bits per heavy atom. The van der Waals surface area contributed by atoms with E-state index in [9.17, 15) is 4.79 Å². The lowest BCUT2D eigenvalue weighted by atomic mass is 10.0. The lowest BCUT2D eigenvalue weighted by Crippen LogP contribution is -2.39. The van der Waals surface area contributed by atoms with Crippen molar-refractivity contribution in [1.29, 1.82) is 0 Å². The maximum absolute atomic E-state index is 11.9. The first kappa shape index (κ1) is 12.5. The number of hydrogen-bond donors (Lipinski definition) is 1. The monoisotopic (exact) mass is 212 g/mol. The lowest BCUT2D eigenvalue weighted by Gasteiger charge is -2.27. The lowest BCUT2D eigenvalue weighted by molar-refractivity contribution is -0.132.